The van der Waals surface area contributed by atoms with E-state index in [1.54, 1.807) is 54.3 Å². The molecule has 3 rings (SSSR count). The Balaban J connectivity index is 1.52. The minimum atomic E-state index is -0.614. The van der Waals surface area contributed by atoms with Crippen molar-refractivity contribution < 1.29 is 19.1 Å². The molecule has 2 aromatic carbocycles. The summed E-state index contributed by atoms with van der Waals surface area (Å²) in [7, 11) is 0. The standard InChI is InChI=1S/C21H20Cl2N2O4/c1-13(17-9-6-15(22)11-18(17)23)24-19(26)12-29-21(28)14-4-7-16(8-5-14)25-10-2-3-20(25)27/h4-9,11,13H,2-3,10,12H2,1H3,(H,24,26). The molecule has 0 bridgehead atoms. The summed E-state index contributed by atoms with van der Waals surface area (Å²) in [4.78, 5) is 37.7. The van der Waals surface area contributed by atoms with Gasteiger partial charge in [-0.25, -0.2) is 4.79 Å². The van der Waals surface area contributed by atoms with Crippen LogP contribution in [0.3, 0.4) is 0 Å². The molecule has 0 radical (unpaired) electrons. The molecule has 1 aliphatic rings. The number of anilines is 1. The molecule has 0 saturated carbocycles. The van der Waals surface area contributed by atoms with Crippen LogP contribution in [0.5, 0.6) is 0 Å². The van der Waals surface area contributed by atoms with E-state index in [4.69, 9.17) is 27.9 Å². The van der Waals surface area contributed by atoms with E-state index in [-0.39, 0.29) is 11.9 Å². The fourth-order valence-electron chi connectivity index (χ4n) is 3.13. The lowest BCUT2D eigenvalue weighted by Crippen LogP contribution is -2.31. The average molecular weight is 435 g/mol. The predicted molar refractivity (Wildman–Crippen MR) is 111 cm³/mol. The molecule has 1 N–H and O–H groups in total. The number of hydrogen-bond acceptors (Lipinski definition) is 4. The van der Waals surface area contributed by atoms with Crippen LogP contribution in [0, 0.1) is 0 Å². The number of amides is 2. The maximum atomic E-state index is 12.2. The maximum Gasteiger partial charge on any atom is 0.338 e. The molecule has 0 aromatic heterocycles. The molecule has 1 atom stereocenters. The third-order valence-electron chi connectivity index (χ3n) is 4.63. The van der Waals surface area contributed by atoms with Gasteiger partial charge >= 0.3 is 5.97 Å². The molecular weight excluding hydrogens is 415 g/mol. The summed E-state index contributed by atoms with van der Waals surface area (Å²) in [5, 5.41) is 3.68. The van der Waals surface area contributed by atoms with Gasteiger partial charge in [0.15, 0.2) is 6.61 Å². The Kier molecular flexibility index (Phi) is 6.77. The zero-order valence-electron chi connectivity index (χ0n) is 15.8. The van der Waals surface area contributed by atoms with Crippen molar-refractivity contribution in [1.82, 2.24) is 5.32 Å². The number of nitrogens with zero attached hydrogens (tertiary/aromatic N) is 1. The summed E-state index contributed by atoms with van der Waals surface area (Å²) >= 11 is 12.0. The van der Waals surface area contributed by atoms with Gasteiger partial charge < -0.3 is 15.0 Å². The molecule has 29 heavy (non-hydrogen) atoms. The van der Waals surface area contributed by atoms with Gasteiger partial charge in [-0.2, -0.15) is 0 Å². The molecule has 1 heterocycles. The smallest absolute Gasteiger partial charge is 0.338 e. The van der Waals surface area contributed by atoms with Gasteiger partial charge in [0.05, 0.1) is 11.6 Å². The lowest BCUT2D eigenvalue weighted by atomic mass is 10.1. The number of esters is 1. The highest BCUT2D eigenvalue weighted by atomic mass is 35.5. The first kappa shape index (κ1) is 21.1. The second-order valence-electron chi connectivity index (χ2n) is 6.73. The van der Waals surface area contributed by atoms with Gasteiger partial charge in [0.1, 0.15) is 0 Å². The predicted octanol–water partition coefficient (Wildman–Crippen LogP) is 4.15. The van der Waals surface area contributed by atoms with Gasteiger partial charge in [-0.05, 0) is 55.3 Å². The highest BCUT2D eigenvalue weighted by Crippen LogP contribution is 2.26. The monoisotopic (exact) mass is 434 g/mol. The minimum absolute atomic E-state index is 0.0758. The van der Waals surface area contributed by atoms with Crippen molar-refractivity contribution in [2.75, 3.05) is 18.1 Å². The number of benzene rings is 2. The number of carbonyl (C=O) groups excluding carboxylic acids is 3. The first-order chi connectivity index (χ1) is 13.8. The van der Waals surface area contributed by atoms with Crippen LogP contribution in [-0.2, 0) is 14.3 Å². The third kappa shape index (κ3) is 5.28. The van der Waals surface area contributed by atoms with Gasteiger partial charge in [-0.15, -0.1) is 0 Å². The van der Waals surface area contributed by atoms with Crippen LogP contribution in [0.2, 0.25) is 10.0 Å². The largest absolute Gasteiger partial charge is 0.452 e. The highest BCUT2D eigenvalue weighted by Gasteiger charge is 2.22. The molecule has 0 aliphatic carbocycles. The van der Waals surface area contributed by atoms with E-state index in [2.05, 4.69) is 5.32 Å². The Morgan fingerprint density at radius 1 is 1.17 bits per heavy atom. The van der Waals surface area contributed by atoms with E-state index < -0.39 is 18.5 Å². The van der Waals surface area contributed by atoms with E-state index >= 15 is 0 Å². The molecule has 0 spiro atoms. The lowest BCUT2D eigenvalue weighted by Gasteiger charge is -2.16. The Morgan fingerprint density at radius 3 is 2.52 bits per heavy atom. The summed E-state index contributed by atoms with van der Waals surface area (Å²) < 4.78 is 5.08. The normalized spacial score (nSPS) is 14.6. The number of halogens is 2. The molecule has 1 unspecified atom stereocenters. The van der Waals surface area contributed by atoms with Crippen LogP contribution >= 0.6 is 23.2 Å². The minimum Gasteiger partial charge on any atom is -0.452 e. The number of hydrogen-bond donors (Lipinski definition) is 1. The van der Waals surface area contributed by atoms with Crippen LogP contribution in [0.25, 0.3) is 0 Å². The SMILES string of the molecule is CC(NC(=O)COC(=O)c1ccc(N2CCCC2=O)cc1)c1ccc(Cl)cc1Cl. The molecule has 6 nitrogen and oxygen atoms in total. The van der Waals surface area contributed by atoms with Crippen molar-refractivity contribution in [3.05, 3.63) is 63.6 Å². The zero-order chi connectivity index (χ0) is 21.0. The van der Waals surface area contributed by atoms with E-state index in [1.165, 1.54) is 0 Å². The summed E-state index contributed by atoms with van der Waals surface area (Å²) in [6.07, 6.45) is 1.37. The van der Waals surface area contributed by atoms with Gasteiger partial charge in [-0.1, -0.05) is 29.3 Å². The molecular formula is C21H20Cl2N2O4. The zero-order valence-corrected chi connectivity index (χ0v) is 17.3. The third-order valence-corrected chi connectivity index (χ3v) is 5.19. The number of carbonyl (C=O) groups is 3. The van der Waals surface area contributed by atoms with Crippen LogP contribution in [-0.4, -0.2) is 30.9 Å². The fourth-order valence-corrected chi connectivity index (χ4v) is 3.70. The van der Waals surface area contributed by atoms with E-state index in [0.717, 1.165) is 12.1 Å². The second-order valence-corrected chi connectivity index (χ2v) is 7.57. The Bertz CT molecular complexity index is 931. The van der Waals surface area contributed by atoms with Crippen LogP contribution in [0.4, 0.5) is 5.69 Å². The summed E-state index contributed by atoms with van der Waals surface area (Å²) in [6.45, 7) is 2.03. The quantitative estimate of drug-likeness (QED) is 0.692. The molecule has 152 valence electrons. The van der Waals surface area contributed by atoms with Crippen LogP contribution in [0.15, 0.2) is 42.5 Å². The number of ether oxygens (including phenoxy) is 1. The van der Waals surface area contributed by atoms with Crippen molar-refractivity contribution in [3.63, 3.8) is 0 Å². The maximum absolute atomic E-state index is 12.2. The second kappa shape index (κ2) is 9.29. The number of rotatable bonds is 6. The van der Waals surface area contributed by atoms with Gasteiger partial charge in [0.25, 0.3) is 5.91 Å². The van der Waals surface area contributed by atoms with Crippen LogP contribution < -0.4 is 10.2 Å². The van der Waals surface area contributed by atoms with Crippen molar-refractivity contribution >= 4 is 46.7 Å². The van der Waals surface area contributed by atoms with Crippen LogP contribution in [0.1, 0.15) is 41.7 Å². The molecule has 1 aliphatic heterocycles. The first-order valence-electron chi connectivity index (χ1n) is 9.17. The lowest BCUT2D eigenvalue weighted by molar-refractivity contribution is -0.124. The summed E-state index contributed by atoms with van der Waals surface area (Å²) in [5.74, 6) is -0.986. The number of nitrogens with one attached hydrogen (secondary N) is 1. The summed E-state index contributed by atoms with van der Waals surface area (Å²) in [5.41, 5.74) is 1.76. The van der Waals surface area contributed by atoms with Gasteiger partial charge in [-0.3, -0.25) is 9.59 Å². The molecule has 2 amide bonds. The van der Waals surface area contributed by atoms with Crippen molar-refractivity contribution in [3.8, 4) is 0 Å². The Hall–Kier alpha value is -2.57. The van der Waals surface area contributed by atoms with E-state index in [9.17, 15) is 14.4 Å². The Labute approximate surface area is 178 Å². The van der Waals surface area contributed by atoms with E-state index in [0.29, 0.717) is 34.1 Å². The highest BCUT2D eigenvalue weighted by molar-refractivity contribution is 6.35. The van der Waals surface area contributed by atoms with Crippen molar-refractivity contribution in [2.45, 2.75) is 25.8 Å². The van der Waals surface area contributed by atoms with Crippen molar-refractivity contribution in [1.29, 1.82) is 0 Å². The Morgan fingerprint density at radius 2 is 1.90 bits per heavy atom. The topological polar surface area (TPSA) is 75.7 Å². The first-order valence-corrected chi connectivity index (χ1v) is 9.92. The summed E-state index contributed by atoms with van der Waals surface area (Å²) in [6, 6.07) is 11.2. The fraction of sp³-hybridized carbons (Fsp3) is 0.286. The molecule has 8 heteroatoms. The average Bonchev–Trinajstić information content (AvgIpc) is 3.12. The van der Waals surface area contributed by atoms with Crippen molar-refractivity contribution in [2.24, 2.45) is 0 Å². The van der Waals surface area contributed by atoms with Gasteiger partial charge in [0.2, 0.25) is 5.91 Å². The molecule has 1 fully saturated rings. The molecule has 1 saturated heterocycles. The molecule has 2 aromatic rings. The van der Waals surface area contributed by atoms with E-state index in [1.807, 2.05) is 0 Å². The van der Waals surface area contributed by atoms with Gasteiger partial charge in [0, 0.05) is 28.7 Å².